The van der Waals surface area contributed by atoms with E-state index in [1.807, 2.05) is 13.0 Å². The van der Waals surface area contributed by atoms with Crippen molar-refractivity contribution in [3.8, 4) is 0 Å². The van der Waals surface area contributed by atoms with Crippen LogP contribution in [0.4, 0.5) is 11.6 Å². The molecule has 0 saturated heterocycles. The molecule has 1 aliphatic carbocycles. The molecule has 1 heterocycles. The highest BCUT2D eigenvalue weighted by atomic mass is 16.3. The molecule has 1 aliphatic rings. The highest BCUT2D eigenvalue weighted by molar-refractivity contribution is 5.48. The quantitative estimate of drug-likeness (QED) is 0.690. The molecule has 5 heteroatoms. The maximum Gasteiger partial charge on any atom is 0.136 e. The Bertz CT molecular complexity index is 393. The van der Waals surface area contributed by atoms with Crippen LogP contribution in [0.3, 0.4) is 0 Å². The lowest BCUT2D eigenvalue weighted by Gasteiger charge is -2.15. The summed E-state index contributed by atoms with van der Waals surface area (Å²) in [7, 11) is 0. The monoisotopic (exact) mass is 250 g/mol. The van der Waals surface area contributed by atoms with Gasteiger partial charge in [-0.3, -0.25) is 0 Å². The van der Waals surface area contributed by atoms with E-state index >= 15 is 0 Å². The molecule has 1 aromatic rings. The number of aliphatic hydroxyl groups excluding tert-OH is 1. The summed E-state index contributed by atoms with van der Waals surface area (Å²) >= 11 is 0. The van der Waals surface area contributed by atoms with Crippen molar-refractivity contribution in [2.75, 3.05) is 23.8 Å². The molecular formula is C13H22N4O. The van der Waals surface area contributed by atoms with Crippen molar-refractivity contribution >= 4 is 11.6 Å². The Morgan fingerprint density at radius 1 is 1.39 bits per heavy atom. The van der Waals surface area contributed by atoms with E-state index in [-0.39, 0.29) is 12.6 Å². The molecule has 0 aromatic carbocycles. The highest BCUT2D eigenvalue weighted by Crippen LogP contribution is 2.38. The molecule has 0 aliphatic heterocycles. The van der Waals surface area contributed by atoms with Gasteiger partial charge in [0.1, 0.15) is 17.5 Å². The second-order valence-corrected chi connectivity index (χ2v) is 4.86. The van der Waals surface area contributed by atoms with E-state index in [1.54, 1.807) is 0 Å². The normalized spacial score (nSPS) is 16.4. The van der Waals surface area contributed by atoms with E-state index in [0.717, 1.165) is 30.4 Å². The predicted octanol–water partition coefficient (Wildman–Crippen LogP) is 1.97. The summed E-state index contributed by atoms with van der Waals surface area (Å²) in [6, 6.07) is 2.15. The summed E-state index contributed by atoms with van der Waals surface area (Å²) in [4.78, 5) is 9.08. The molecule has 5 nitrogen and oxygen atoms in total. The van der Waals surface area contributed by atoms with E-state index in [9.17, 15) is 0 Å². The van der Waals surface area contributed by atoms with E-state index in [2.05, 4.69) is 27.5 Å². The molecule has 0 radical (unpaired) electrons. The second kappa shape index (κ2) is 6.00. The minimum Gasteiger partial charge on any atom is -0.396 e. The summed E-state index contributed by atoms with van der Waals surface area (Å²) in [5, 5.41) is 15.5. The van der Waals surface area contributed by atoms with Gasteiger partial charge in [-0.05, 0) is 33.1 Å². The number of nitrogens with one attached hydrogen (secondary N) is 2. The van der Waals surface area contributed by atoms with Gasteiger partial charge in [0.15, 0.2) is 0 Å². The fourth-order valence-corrected chi connectivity index (χ4v) is 1.85. The van der Waals surface area contributed by atoms with Gasteiger partial charge in [0.2, 0.25) is 0 Å². The zero-order valence-electron chi connectivity index (χ0n) is 11.1. The van der Waals surface area contributed by atoms with Crippen LogP contribution >= 0.6 is 0 Å². The SMILES string of the molecule is CCNc1cc(NC(C)CCO)nc(C2CC2)n1. The number of hydrogen-bond acceptors (Lipinski definition) is 5. The van der Waals surface area contributed by atoms with Crippen LogP contribution in [0.2, 0.25) is 0 Å². The lowest BCUT2D eigenvalue weighted by molar-refractivity contribution is 0.282. The number of nitrogens with zero attached hydrogens (tertiary/aromatic N) is 2. The first-order valence-corrected chi connectivity index (χ1v) is 6.73. The van der Waals surface area contributed by atoms with Crippen molar-refractivity contribution in [2.24, 2.45) is 0 Å². The van der Waals surface area contributed by atoms with Crippen molar-refractivity contribution < 1.29 is 5.11 Å². The van der Waals surface area contributed by atoms with Crippen LogP contribution in [0.15, 0.2) is 6.07 Å². The van der Waals surface area contributed by atoms with E-state index < -0.39 is 0 Å². The average molecular weight is 250 g/mol. The molecule has 1 atom stereocenters. The third kappa shape index (κ3) is 3.57. The molecule has 1 fully saturated rings. The Morgan fingerprint density at radius 3 is 2.72 bits per heavy atom. The van der Waals surface area contributed by atoms with E-state index in [4.69, 9.17) is 5.11 Å². The number of rotatable bonds is 7. The minimum atomic E-state index is 0.189. The first-order chi connectivity index (χ1) is 8.72. The molecule has 1 unspecified atom stereocenters. The Hall–Kier alpha value is -1.36. The van der Waals surface area contributed by atoms with Crippen molar-refractivity contribution in [2.45, 2.75) is 45.1 Å². The zero-order chi connectivity index (χ0) is 13.0. The Labute approximate surface area is 108 Å². The first-order valence-electron chi connectivity index (χ1n) is 6.73. The summed E-state index contributed by atoms with van der Waals surface area (Å²) in [6.07, 6.45) is 3.11. The van der Waals surface area contributed by atoms with E-state index in [0.29, 0.717) is 5.92 Å². The topological polar surface area (TPSA) is 70.1 Å². The molecule has 0 amide bonds. The molecule has 0 bridgehead atoms. The average Bonchev–Trinajstić information content (AvgIpc) is 3.13. The minimum absolute atomic E-state index is 0.189. The molecule has 0 spiro atoms. The van der Waals surface area contributed by atoms with Gasteiger partial charge in [-0.2, -0.15) is 0 Å². The smallest absolute Gasteiger partial charge is 0.136 e. The number of hydrogen-bond donors (Lipinski definition) is 3. The van der Waals surface area contributed by atoms with Gasteiger partial charge in [0.05, 0.1) is 0 Å². The van der Waals surface area contributed by atoms with Crippen LogP contribution in [0.1, 0.15) is 44.9 Å². The van der Waals surface area contributed by atoms with Gasteiger partial charge in [0, 0.05) is 31.2 Å². The molecule has 2 rings (SSSR count). The Kier molecular flexibility index (Phi) is 4.36. The van der Waals surface area contributed by atoms with Gasteiger partial charge in [-0.25, -0.2) is 9.97 Å². The second-order valence-electron chi connectivity index (χ2n) is 4.86. The van der Waals surface area contributed by atoms with Gasteiger partial charge in [-0.15, -0.1) is 0 Å². The summed E-state index contributed by atoms with van der Waals surface area (Å²) in [5.74, 6) is 3.21. The van der Waals surface area contributed by atoms with Crippen LogP contribution in [-0.2, 0) is 0 Å². The summed E-state index contributed by atoms with van der Waals surface area (Å²) in [6.45, 7) is 5.14. The maximum atomic E-state index is 8.92. The van der Waals surface area contributed by atoms with Gasteiger partial charge >= 0.3 is 0 Å². The standard InChI is InChI=1S/C13H22N4O/c1-3-14-11-8-12(15-9(2)6-7-18)17-13(16-11)10-4-5-10/h8-10,18H,3-7H2,1-2H3,(H2,14,15,16,17). The molecule has 1 aromatic heterocycles. The fourth-order valence-electron chi connectivity index (χ4n) is 1.85. The van der Waals surface area contributed by atoms with Crippen molar-refractivity contribution in [1.29, 1.82) is 0 Å². The molecule has 18 heavy (non-hydrogen) atoms. The summed E-state index contributed by atoms with van der Waals surface area (Å²) < 4.78 is 0. The maximum absolute atomic E-state index is 8.92. The van der Waals surface area contributed by atoms with E-state index in [1.165, 1.54) is 12.8 Å². The van der Waals surface area contributed by atoms with Gasteiger partial charge in [-0.1, -0.05) is 0 Å². The van der Waals surface area contributed by atoms with Crippen molar-refractivity contribution in [3.63, 3.8) is 0 Å². The number of anilines is 2. The summed E-state index contributed by atoms with van der Waals surface area (Å²) in [5.41, 5.74) is 0. The fraction of sp³-hybridized carbons (Fsp3) is 0.692. The number of aliphatic hydroxyl groups is 1. The predicted molar refractivity (Wildman–Crippen MR) is 73.0 cm³/mol. The highest BCUT2D eigenvalue weighted by Gasteiger charge is 2.27. The van der Waals surface area contributed by atoms with Crippen LogP contribution in [0.25, 0.3) is 0 Å². The molecule has 100 valence electrons. The van der Waals surface area contributed by atoms with Crippen LogP contribution in [0.5, 0.6) is 0 Å². The van der Waals surface area contributed by atoms with Gasteiger partial charge < -0.3 is 15.7 Å². The Morgan fingerprint density at radius 2 is 2.11 bits per heavy atom. The largest absolute Gasteiger partial charge is 0.396 e. The van der Waals surface area contributed by atoms with Crippen LogP contribution in [-0.4, -0.2) is 34.3 Å². The third-order valence-electron chi connectivity index (χ3n) is 3.00. The first kappa shape index (κ1) is 13.1. The van der Waals surface area contributed by atoms with Crippen LogP contribution < -0.4 is 10.6 Å². The van der Waals surface area contributed by atoms with Crippen LogP contribution in [0, 0.1) is 0 Å². The molecule has 3 N–H and O–H groups in total. The number of aromatic nitrogens is 2. The molecular weight excluding hydrogens is 228 g/mol. The zero-order valence-corrected chi connectivity index (χ0v) is 11.1. The Balaban J connectivity index is 2.11. The van der Waals surface area contributed by atoms with Crippen molar-refractivity contribution in [1.82, 2.24) is 9.97 Å². The molecule has 1 saturated carbocycles. The third-order valence-corrected chi connectivity index (χ3v) is 3.00. The lowest BCUT2D eigenvalue weighted by Crippen LogP contribution is -2.18. The lowest BCUT2D eigenvalue weighted by atomic mass is 10.2. The van der Waals surface area contributed by atoms with Crippen molar-refractivity contribution in [3.05, 3.63) is 11.9 Å². The van der Waals surface area contributed by atoms with Gasteiger partial charge in [0.25, 0.3) is 0 Å².